The van der Waals surface area contributed by atoms with Gasteiger partial charge in [-0.2, -0.15) is 0 Å². The zero-order valence-electron chi connectivity index (χ0n) is 10.1. The van der Waals surface area contributed by atoms with E-state index in [0.717, 1.165) is 0 Å². The van der Waals surface area contributed by atoms with Crippen molar-refractivity contribution in [1.82, 2.24) is 4.98 Å². The van der Waals surface area contributed by atoms with Gasteiger partial charge < -0.3 is 21.3 Å². The second-order valence-electron chi connectivity index (χ2n) is 3.88. The molecule has 0 saturated carbocycles. The summed E-state index contributed by atoms with van der Waals surface area (Å²) in [6, 6.07) is 1.38. The third kappa shape index (κ3) is 4.26. The summed E-state index contributed by atoms with van der Waals surface area (Å²) < 4.78 is 0. The summed E-state index contributed by atoms with van der Waals surface area (Å²) in [5, 5.41) is 19.9. The van der Waals surface area contributed by atoms with Gasteiger partial charge in [0.25, 0.3) is 0 Å². The van der Waals surface area contributed by atoms with Crippen LogP contribution in [0.1, 0.15) is 22.5 Å². The Morgan fingerprint density at radius 3 is 2.47 bits per heavy atom. The number of aromatic nitrogens is 1. The number of carbonyl (C=O) groups excluding carboxylic acids is 1. The normalized spacial score (nSPS) is 11.6. The lowest BCUT2D eigenvalue weighted by Gasteiger charge is -2.14. The lowest BCUT2D eigenvalue weighted by molar-refractivity contribution is -0.144. The number of carboxylic acid groups (broad SMARTS) is 2. The van der Waals surface area contributed by atoms with Crippen LogP contribution in [0.3, 0.4) is 0 Å². The maximum absolute atomic E-state index is 11.1. The minimum absolute atomic E-state index is 0.0856. The lowest BCUT2D eigenvalue weighted by Crippen LogP contribution is -2.32. The number of hydrogen-bond acceptors (Lipinski definition) is 5. The van der Waals surface area contributed by atoms with Crippen molar-refractivity contribution in [2.75, 3.05) is 5.32 Å². The highest BCUT2D eigenvalue weighted by Gasteiger charge is 2.21. The number of amides is 1. The number of anilines is 1. The van der Waals surface area contributed by atoms with Gasteiger partial charge in [0.1, 0.15) is 11.9 Å². The quantitative estimate of drug-likeness (QED) is 0.560. The standard InChI is InChI=1S/C11H13N3O5/c1-5-2-6(10(12)17)3-8(13-5)14-7(11(18)19)4-9(15)16/h2-3,7H,4H2,1H3,(H2,12,17)(H,13,14)(H,15,16)(H,18,19). The second-order valence-corrected chi connectivity index (χ2v) is 3.88. The SMILES string of the molecule is Cc1cc(C(N)=O)cc(NC(CC(=O)O)C(=O)O)n1. The van der Waals surface area contributed by atoms with E-state index in [1.165, 1.54) is 12.1 Å². The second kappa shape index (κ2) is 5.80. The average Bonchev–Trinajstić information content (AvgIpc) is 2.26. The number of nitrogens with zero attached hydrogens (tertiary/aromatic N) is 1. The molecule has 8 nitrogen and oxygen atoms in total. The molecule has 0 spiro atoms. The van der Waals surface area contributed by atoms with Gasteiger partial charge in [-0.1, -0.05) is 0 Å². The van der Waals surface area contributed by atoms with Crippen molar-refractivity contribution in [3.05, 3.63) is 23.4 Å². The van der Waals surface area contributed by atoms with Gasteiger partial charge in [0.05, 0.1) is 6.42 Å². The molecule has 1 atom stereocenters. The number of rotatable bonds is 6. The first-order chi connectivity index (χ1) is 8.79. The Morgan fingerprint density at radius 1 is 1.37 bits per heavy atom. The number of nitrogens with one attached hydrogen (secondary N) is 1. The molecule has 19 heavy (non-hydrogen) atoms. The van der Waals surface area contributed by atoms with Crippen molar-refractivity contribution in [3.8, 4) is 0 Å². The van der Waals surface area contributed by atoms with E-state index in [4.69, 9.17) is 15.9 Å². The van der Waals surface area contributed by atoms with Gasteiger partial charge in [-0.15, -0.1) is 0 Å². The summed E-state index contributed by atoms with van der Waals surface area (Å²) in [6.07, 6.45) is -0.614. The maximum Gasteiger partial charge on any atom is 0.326 e. The molecular weight excluding hydrogens is 254 g/mol. The van der Waals surface area contributed by atoms with Crippen LogP contribution in [0.4, 0.5) is 5.82 Å². The molecule has 0 bridgehead atoms. The molecule has 1 amide bonds. The summed E-state index contributed by atoms with van der Waals surface area (Å²) in [5.74, 6) is -3.19. The van der Waals surface area contributed by atoms with Crippen LogP contribution in [0.25, 0.3) is 0 Å². The van der Waals surface area contributed by atoms with Gasteiger partial charge in [-0.05, 0) is 19.1 Å². The molecule has 0 aliphatic heterocycles. The van der Waals surface area contributed by atoms with Crippen molar-refractivity contribution >= 4 is 23.7 Å². The van der Waals surface area contributed by atoms with E-state index in [1.807, 2.05) is 0 Å². The zero-order chi connectivity index (χ0) is 14.6. The molecule has 1 heterocycles. The topological polar surface area (TPSA) is 143 Å². The first kappa shape index (κ1) is 14.4. The minimum atomic E-state index is -1.34. The van der Waals surface area contributed by atoms with E-state index in [-0.39, 0.29) is 11.4 Å². The summed E-state index contributed by atoms with van der Waals surface area (Å²) in [7, 11) is 0. The molecule has 1 aromatic heterocycles. The predicted molar refractivity (Wildman–Crippen MR) is 64.8 cm³/mol. The van der Waals surface area contributed by atoms with Gasteiger partial charge >= 0.3 is 11.9 Å². The molecule has 8 heteroatoms. The Bertz CT molecular complexity index is 529. The summed E-state index contributed by atoms with van der Waals surface area (Å²) in [6.45, 7) is 1.60. The number of aliphatic carboxylic acids is 2. The van der Waals surface area contributed by atoms with Crippen molar-refractivity contribution < 1.29 is 24.6 Å². The fourth-order valence-corrected chi connectivity index (χ4v) is 1.44. The summed E-state index contributed by atoms with van der Waals surface area (Å²) in [4.78, 5) is 36.5. The van der Waals surface area contributed by atoms with Crippen molar-refractivity contribution in [2.45, 2.75) is 19.4 Å². The highest BCUT2D eigenvalue weighted by atomic mass is 16.4. The van der Waals surface area contributed by atoms with Crippen LogP contribution in [0.5, 0.6) is 0 Å². The third-order valence-electron chi connectivity index (χ3n) is 2.24. The van der Waals surface area contributed by atoms with Crippen LogP contribution in [0, 0.1) is 6.92 Å². The van der Waals surface area contributed by atoms with Crippen LogP contribution in [-0.2, 0) is 9.59 Å². The Balaban J connectivity index is 2.99. The molecular formula is C11H13N3O5. The molecule has 0 aliphatic carbocycles. The van der Waals surface area contributed by atoms with Crippen molar-refractivity contribution in [3.63, 3.8) is 0 Å². The predicted octanol–water partition coefficient (Wildman–Crippen LogP) is -0.171. The zero-order valence-corrected chi connectivity index (χ0v) is 10.1. The molecule has 0 saturated heterocycles. The summed E-state index contributed by atoms with van der Waals surface area (Å²) >= 11 is 0. The number of aryl methyl sites for hydroxylation is 1. The number of carbonyl (C=O) groups is 3. The number of carboxylic acids is 2. The largest absolute Gasteiger partial charge is 0.481 e. The van der Waals surface area contributed by atoms with E-state index in [1.54, 1.807) is 6.92 Å². The Morgan fingerprint density at radius 2 is 2.00 bits per heavy atom. The highest BCUT2D eigenvalue weighted by Crippen LogP contribution is 2.12. The maximum atomic E-state index is 11.1. The lowest BCUT2D eigenvalue weighted by atomic mass is 10.2. The Labute approximate surface area is 108 Å². The Kier molecular flexibility index (Phi) is 4.41. The molecule has 0 fully saturated rings. The van der Waals surface area contributed by atoms with E-state index in [9.17, 15) is 14.4 Å². The van der Waals surface area contributed by atoms with Crippen molar-refractivity contribution in [2.24, 2.45) is 5.73 Å². The number of nitrogens with two attached hydrogens (primary N) is 1. The number of hydrogen-bond donors (Lipinski definition) is 4. The summed E-state index contributed by atoms with van der Waals surface area (Å²) in [5.41, 5.74) is 5.74. The van der Waals surface area contributed by atoms with Crippen LogP contribution in [-0.4, -0.2) is 39.1 Å². The number of primary amides is 1. The Hall–Kier alpha value is -2.64. The van der Waals surface area contributed by atoms with E-state index < -0.39 is 30.3 Å². The van der Waals surface area contributed by atoms with Gasteiger partial charge in [0.2, 0.25) is 5.91 Å². The van der Waals surface area contributed by atoms with Crippen LogP contribution >= 0.6 is 0 Å². The monoisotopic (exact) mass is 267 g/mol. The van der Waals surface area contributed by atoms with E-state index >= 15 is 0 Å². The van der Waals surface area contributed by atoms with E-state index in [2.05, 4.69) is 10.3 Å². The smallest absolute Gasteiger partial charge is 0.326 e. The van der Waals surface area contributed by atoms with Crippen LogP contribution in [0.15, 0.2) is 12.1 Å². The van der Waals surface area contributed by atoms with E-state index in [0.29, 0.717) is 5.69 Å². The van der Waals surface area contributed by atoms with Gasteiger partial charge in [0, 0.05) is 11.3 Å². The highest BCUT2D eigenvalue weighted by molar-refractivity contribution is 5.93. The van der Waals surface area contributed by atoms with Gasteiger partial charge in [-0.3, -0.25) is 9.59 Å². The molecule has 0 radical (unpaired) electrons. The fraction of sp³-hybridized carbons (Fsp3) is 0.273. The fourth-order valence-electron chi connectivity index (χ4n) is 1.44. The minimum Gasteiger partial charge on any atom is -0.481 e. The third-order valence-corrected chi connectivity index (χ3v) is 2.24. The first-order valence-corrected chi connectivity index (χ1v) is 5.29. The van der Waals surface area contributed by atoms with Gasteiger partial charge in [0.15, 0.2) is 0 Å². The molecule has 102 valence electrons. The van der Waals surface area contributed by atoms with Crippen LogP contribution in [0.2, 0.25) is 0 Å². The average molecular weight is 267 g/mol. The van der Waals surface area contributed by atoms with Gasteiger partial charge in [-0.25, -0.2) is 9.78 Å². The van der Waals surface area contributed by atoms with Crippen LogP contribution < -0.4 is 11.1 Å². The molecule has 5 N–H and O–H groups in total. The molecule has 1 rings (SSSR count). The molecule has 0 aliphatic rings. The first-order valence-electron chi connectivity index (χ1n) is 5.29. The molecule has 0 aromatic carbocycles. The molecule has 1 aromatic rings. The number of pyridine rings is 1. The molecule has 1 unspecified atom stereocenters. The van der Waals surface area contributed by atoms with Crippen molar-refractivity contribution in [1.29, 1.82) is 0 Å².